The monoisotopic (exact) mass is 320 g/mol. The average Bonchev–Trinajstić information content (AvgIpc) is 3.02. The highest BCUT2D eigenvalue weighted by molar-refractivity contribution is 7.89. The van der Waals surface area contributed by atoms with E-state index >= 15 is 0 Å². The van der Waals surface area contributed by atoms with Gasteiger partial charge in [0.1, 0.15) is 10.6 Å². The van der Waals surface area contributed by atoms with Crippen molar-refractivity contribution < 1.29 is 17.8 Å². The molecular formula is C13H12N4O4S. The van der Waals surface area contributed by atoms with Crippen molar-refractivity contribution in [2.45, 2.75) is 11.4 Å². The summed E-state index contributed by atoms with van der Waals surface area (Å²) in [7, 11) is -2.33. The van der Waals surface area contributed by atoms with E-state index in [1.165, 1.54) is 19.2 Å². The van der Waals surface area contributed by atoms with Crippen LogP contribution in [-0.2, 0) is 16.6 Å². The van der Waals surface area contributed by atoms with Gasteiger partial charge in [-0.3, -0.25) is 4.98 Å². The first-order chi connectivity index (χ1) is 10.6. The molecule has 0 fully saturated rings. The Morgan fingerprint density at radius 2 is 2.00 bits per heavy atom. The lowest BCUT2D eigenvalue weighted by molar-refractivity contribution is 0.313. The number of methoxy groups -OCH3 is 1. The molecule has 22 heavy (non-hydrogen) atoms. The van der Waals surface area contributed by atoms with Crippen LogP contribution in [0.1, 0.15) is 5.69 Å². The lowest BCUT2D eigenvalue weighted by Gasteiger charge is -2.07. The zero-order valence-corrected chi connectivity index (χ0v) is 12.4. The lowest BCUT2D eigenvalue weighted by Crippen LogP contribution is -2.24. The van der Waals surface area contributed by atoms with Gasteiger partial charge in [0.05, 0.1) is 19.3 Å². The van der Waals surface area contributed by atoms with E-state index in [9.17, 15) is 8.42 Å². The van der Waals surface area contributed by atoms with Crippen LogP contribution in [0.2, 0.25) is 0 Å². The Bertz CT molecular complexity index is 893. The topological polar surface area (TPSA) is 107 Å². The van der Waals surface area contributed by atoms with Crippen molar-refractivity contribution in [1.82, 2.24) is 20.0 Å². The van der Waals surface area contributed by atoms with Crippen LogP contribution in [0.15, 0.2) is 46.1 Å². The molecule has 0 aliphatic heterocycles. The van der Waals surface area contributed by atoms with Gasteiger partial charge in [-0.25, -0.2) is 17.8 Å². The summed E-state index contributed by atoms with van der Waals surface area (Å²) in [5.41, 5.74) is 0.977. The van der Waals surface area contributed by atoms with E-state index in [1.807, 2.05) is 0 Å². The highest BCUT2D eigenvalue weighted by Gasteiger charge is 2.22. The molecule has 0 amide bonds. The standard InChI is InChI=1S/C13H12N4O4S/c1-20-10-5-6-11(13-12(10)16-21-17-13)22(18,19)15-8-9-4-2-3-7-14-9/h2-7,15H,8H2,1H3. The molecule has 1 aromatic carbocycles. The number of nitrogens with zero attached hydrogens (tertiary/aromatic N) is 3. The molecule has 0 aliphatic carbocycles. The molecule has 0 unspecified atom stereocenters. The second-order valence-electron chi connectivity index (χ2n) is 4.37. The molecule has 8 nitrogen and oxygen atoms in total. The van der Waals surface area contributed by atoms with Crippen LogP contribution >= 0.6 is 0 Å². The molecule has 0 saturated heterocycles. The maximum absolute atomic E-state index is 12.4. The Labute approximate surface area is 126 Å². The molecule has 9 heteroatoms. The fourth-order valence-electron chi connectivity index (χ4n) is 1.95. The third kappa shape index (κ3) is 2.63. The summed E-state index contributed by atoms with van der Waals surface area (Å²) in [5.74, 6) is 0.389. The summed E-state index contributed by atoms with van der Waals surface area (Å²) < 4.78 is 37.0. The highest BCUT2D eigenvalue weighted by Crippen LogP contribution is 2.28. The minimum Gasteiger partial charge on any atom is -0.494 e. The van der Waals surface area contributed by atoms with Gasteiger partial charge in [0, 0.05) is 6.20 Å². The minimum atomic E-state index is -3.79. The Morgan fingerprint density at radius 1 is 1.18 bits per heavy atom. The van der Waals surface area contributed by atoms with Gasteiger partial charge in [-0.2, -0.15) is 0 Å². The van der Waals surface area contributed by atoms with Crippen molar-refractivity contribution in [3.05, 3.63) is 42.2 Å². The second-order valence-corrected chi connectivity index (χ2v) is 6.11. The van der Waals surface area contributed by atoms with Crippen LogP contribution in [0.3, 0.4) is 0 Å². The summed E-state index contributed by atoms with van der Waals surface area (Å²) >= 11 is 0. The molecule has 2 aromatic heterocycles. The summed E-state index contributed by atoms with van der Waals surface area (Å²) in [6.07, 6.45) is 1.59. The molecular weight excluding hydrogens is 308 g/mol. The fraction of sp³-hybridized carbons (Fsp3) is 0.154. The van der Waals surface area contributed by atoms with Gasteiger partial charge < -0.3 is 4.74 Å². The molecule has 2 heterocycles. The largest absolute Gasteiger partial charge is 0.494 e. The molecule has 114 valence electrons. The molecule has 0 saturated carbocycles. The maximum atomic E-state index is 12.4. The third-order valence-corrected chi connectivity index (χ3v) is 4.45. The van der Waals surface area contributed by atoms with Crippen molar-refractivity contribution in [2.24, 2.45) is 0 Å². The predicted octanol–water partition coefficient (Wildman–Crippen LogP) is 1.10. The molecule has 0 radical (unpaired) electrons. The first-order valence-electron chi connectivity index (χ1n) is 6.30. The van der Waals surface area contributed by atoms with Crippen LogP contribution in [0.25, 0.3) is 11.0 Å². The van der Waals surface area contributed by atoms with Crippen LogP contribution < -0.4 is 9.46 Å². The Balaban J connectivity index is 1.94. The number of pyridine rings is 1. The Hall–Kier alpha value is -2.52. The van der Waals surface area contributed by atoms with Crippen molar-refractivity contribution >= 4 is 21.1 Å². The number of fused-ring (bicyclic) bond motifs is 1. The van der Waals surface area contributed by atoms with E-state index in [-0.39, 0.29) is 22.5 Å². The Kier molecular flexibility index (Phi) is 3.73. The Morgan fingerprint density at radius 3 is 2.73 bits per heavy atom. The van der Waals surface area contributed by atoms with Gasteiger partial charge >= 0.3 is 0 Å². The van der Waals surface area contributed by atoms with Crippen LogP contribution in [0.4, 0.5) is 0 Å². The molecule has 0 aliphatic rings. The number of sulfonamides is 1. The molecule has 3 aromatic rings. The van der Waals surface area contributed by atoms with Crippen LogP contribution in [0.5, 0.6) is 5.75 Å². The molecule has 3 rings (SSSR count). The number of rotatable bonds is 5. The van der Waals surface area contributed by atoms with E-state index in [0.717, 1.165) is 0 Å². The SMILES string of the molecule is COc1ccc(S(=O)(=O)NCc2ccccn2)c2nonc12. The third-order valence-electron chi connectivity index (χ3n) is 3.02. The zero-order valence-electron chi connectivity index (χ0n) is 11.6. The number of hydrogen-bond acceptors (Lipinski definition) is 7. The van der Waals surface area contributed by atoms with Crippen LogP contribution in [-0.4, -0.2) is 30.8 Å². The van der Waals surface area contributed by atoms with Gasteiger partial charge in [0.15, 0.2) is 11.0 Å². The highest BCUT2D eigenvalue weighted by atomic mass is 32.2. The molecule has 0 atom stereocenters. The van der Waals surface area contributed by atoms with E-state index in [2.05, 4.69) is 24.6 Å². The normalized spacial score (nSPS) is 11.7. The lowest BCUT2D eigenvalue weighted by atomic mass is 10.3. The second kappa shape index (κ2) is 5.70. The average molecular weight is 320 g/mol. The first-order valence-corrected chi connectivity index (χ1v) is 7.79. The van der Waals surface area contributed by atoms with Gasteiger partial charge in [-0.1, -0.05) is 6.07 Å². The number of benzene rings is 1. The van der Waals surface area contributed by atoms with Crippen LogP contribution in [0, 0.1) is 0 Å². The summed E-state index contributed by atoms with van der Waals surface area (Å²) in [6, 6.07) is 8.16. The quantitative estimate of drug-likeness (QED) is 0.750. The van der Waals surface area contributed by atoms with E-state index < -0.39 is 10.0 Å². The predicted molar refractivity (Wildman–Crippen MR) is 76.6 cm³/mol. The minimum absolute atomic E-state index is 0.0273. The molecule has 0 bridgehead atoms. The smallest absolute Gasteiger partial charge is 0.243 e. The number of hydrogen-bond donors (Lipinski definition) is 1. The van der Waals surface area contributed by atoms with E-state index in [4.69, 9.17) is 4.74 Å². The number of nitrogens with one attached hydrogen (secondary N) is 1. The van der Waals surface area contributed by atoms with Gasteiger partial charge in [0.25, 0.3) is 0 Å². The maximum Gasteiger partial charge on any atom is 0.243 e. The molecule has 1 N–H and O–H groups in total. The number of aromatic nitrogens is 3. The summed E-state index contributed by atoms with van der Waals surface area (Å²) in [4.78, 5) is 4.03. The first kappa shape index (κ1) is 14.4. The fourth-order valence-corrected chi connectivity index (χ4v) is 3.08. The van der Waals surface area contributed by atoms with Gasteiger partial charge in [0.2, 0.25) is 10.0 Å². The van der Waals surface area contributed by atoms with Crippen molar-refractivity contribution in [3.63, 3.8) is 0 Å². The van der Waals surface area contributed by atoms with Gasteiger partial charge in [-0.15, -0.1) is 0 Å². The van der Waals surface area contributed by atoms with Gasteiger partial charge in [-0.05, 0) is 34.6 Å². The van der Waals surface area contributed by atoms with Crippen molar-refractivity contribution in [1.29, 1.82) is 0 Å². The van der Waals surface area contributed by atoms with Crippen molar-refractivity contribution in [2.75, 3.05) is 7.11 Å². The van der Waals surface area contributed by atoms with E-state index in [0.29, 0.717) is 11.4 Å². The van der Waals surface area contributed by atoms with E-state index in [1.54, 1.807) is 24.4 Å². The molecule has 0 spiro atoms. The summed E-state index contributed by atoms with van der Waals surface area (Å²) in [5, 5.41) is 7.31. The zero-order chi connectivity index (χ0) is 15.6. The summed E-state index contributed by atoms with van der Waals surface area (Å²) in [6.45, 7) is 0.0714. The number of ether oxygens (including phenoxy) is 1. The van der Waals surface area contributed by atoms with Crippen molar-refractivity contribution in [3.8, 4) is 5.75 Å².